The Balaban J connectivity index is 2.12. The number of anilines is 1. The number of nitro benzene ring substituents is 1. The number of hydrogen-bond donors (Lipinski definition) is 1. The van der Waals surface area contributed by atoms with Crippen LogP contribution in [0, 0.1) is 17.0 Å². The maximum absolute atomic E-state index is 10.9. The second-order valence-electron chi connectivity index (χ2n) is 4.36. The monoisotopic (exact) mass is 310 g/mol. The van der Waals surface area contributed by atoms with Crippen LogP contribution in [0.5, 0.6) is 0 Å². The van der Waals surface area contributed by atoms with E-state index in [0.29, 0.717) is 27.8 Å². The van der Waals surface area contributed by atoms with Gasteiger partial charge >= 0.3 is 0 Å². The largest absolute Gasteiger partial charge is 0.381 e. The smallest absolute Gasteiger partial charge is 0.274 e. The summed E-state index contributed by atoms with van der Waals surface area (Å²) in [5.41, 5.74) is 2.37. The molecule has 6 heteroatoms. The molecule has 1 N–H and O–H groups in total. The quantitative estimate of drug-likeness (QED) is 0.650. The Kier molecular flexibility index (Phi) is 4.47. The van der Waals surface area contributed by atoms with E-state index in [0.717, 1.165) is 5.56 Å². The Morgan fingerprint density at radius 3 is 2.55 bits per heavy atom. The van der Waals surface area contributed by atoms with Crippen LogP contribution < -0.4 is 5.32 Å². The lowest BCUT2D eigenvalue weighted by Gasteiger charge is -2.08. The van der Waals surface area contributed by atoms with Gasteiger partial charge in [0.05, 0.1) is 15.0 Å². The summed E-state index contributed by atoms with van der Waals surface area (Å²) >= 11 is 11.8. The molecule has 104 valence electrons. The zero-order chi connectivity index (χ0) is 14.7. The summed E-state index contributed by atoms with van der Waals surface area (Å²) in [5, 5.41) is 15.0. The predicted octanol–water partition coefficient (Wildman–Crippen LogP) is 4.82. The third kappa shape index (κ3) is 3.40. The summed E-state index contributed by atoms with van der Waals surface area (Å²) in [6.07, 6.45) is 0. The number of rotatable bonds is 4. The van der Waals surface area contributed by atoms with Gasteiger partial charge in [-0.3, -0.25) is 10.1 Å². The molecule has 0 unspecified atom stereocenters. The summed E-state index contributed by atoms with van der Waals surface area (Å²) in [5.74, 6) is 0. The molecule has 0 aliphatic rings. The van der Waals surface area contributed by atoms with E-state index in [4.69, 9.17) is 23.2 Å². The van der Waals surface area contributed by atoms with Crippen LogP contribution in [0.25, 0.3) is 0 Å². The van der Waals surface area contributed by atoms with E-state index in [1.54, 1.807) is 31.2 Å². The highest BCUT2D eigenvalue weighted by Crippen LogP contribution is 2.25. The lowest BCUT2D eigenvalue weighted by Crippen LogP contribution is -2.01. The Labute approximate surface area is 126 Å². The lowest BCUT2D eigenvalue weighted by molar-refractivity contribution is -0.385. The molecule has 0 heterocycles. The average molecular weight is 311 g/mol. The molecule has 0 saturated carbocycles. The molecule has 0 aliphatic carbocycles. The van der Waals surface area contributed by atoms with E-state index in [-0.39, 0.29) is 10.6 Å². The normalized spacial score (nSPS) is 10.3. The fourth-order valence-electron chi connectivity index (χ4n) is 1.77. The minimum Gasteiger partial charge on any atom is -0.381 e. The van der Waals surface area contributed by atoms with E-state index < -0.39 is 0 Å². The number of aryl methyl sites for hydroxylation is 1. The number of nitrogens with one attached hydrogen (secondary N) is 1. The van der Waals surface area contributed by atoms with Gasteiger partial charge in [0.2, 0.25) is 0 Å². The van der Waals surface area contributed by atoms with Crippen LogP contribution in [-0.2, 0) is 6.54 Å². The van der Waals surface area contributed by atoms with Crippen molar-refractivity contribution in [1.29, 1.82) is 0 Å². The maximum atomic E-state index is 10.9. The average Bonchev–Trinajstić information content (AvgIpc) is 2.41. The highest BCUT2D eigenvalue weighted by molar-refractivity contribution is 6.42. The van der Waals surface area contributed by atoms with Crippen LogP contribution in [0.15, 0.2) is 36.4 Å². The highest BCUT2D eigenvalue weighted by Gasteiger charge is 2.10. The van der Waals surface area contributed by atoms with Gasteiger partial charge in [0, 0.05) is 23.9 Å². The van der Waals surface area contributed by atoms with Gasteiger partial charge in [0.1, 0.15) is 0 Å². The maximum Gasteiger partial charge on any atom is 0.274 e. The van der Waals surface area contributed by atoms with Gasteiger partial charge < -0.3 is 5.32 Å². The number of nitrogens with zero attached hydrogens (tertiary/aromatic N) is 1. The second-order valence-corrected chi connectivity index (χ2v) is 5.17. The van der Waals surface area contributed by atoms with Crippen LogP contribution in [0.4, 0.5) is 11.4 Å². The molecule has 0 radical (unpaired) electrons. The second kappa shape index (κ2) is 6.11. The van der Waals surface area contributed by atoms with Crippen molar-refractivity contribution >= 4 is 34.6 Å². The van der Waals surface area contributed by atoms with E-state index in [2.05, 4.69) is 5.32 Å². The molecule has 0 aliphatic heterocycles. The predicted molar refractivity (Wildman–Crippen MR) is 81.6 cm³/mol. The first kappa shape index (κ1) is 14.6. The van der Waals surface area contributed by atoms with Gasteiger partial charge in [0.25, 0.3) is 5.69 Å². The third-order valence-corrected chi connectivity index (χ3v) is 3.63. The van der Waals surface area contributed by atoms with Crippen molar-refractivity contribution < 1.29 is 4.92 Å². The van der Waals surface area contributed by atoms with Crippen LogP contribution in [-0.4, -0.2) is 4.92 Å². The Morgan fingerprint density at radius 1 is 1.15 bits per heavy atom. The van der Waals surface area contributed by atoms with E-state index in [1.165, 1.54) is 6.07 Å². The van der Waals surface area contributed by atoms with Crippen molar-refractivity contribution in [3.63, 3.8) is 0 Å². The van der Waals surface area contributed by atoms with Crippen molar-refractivity contribution in [1.82, 2.24) is 0 Å². The molecular formula is C14H12Cl2N2O2. The Bertz CT molecular complexity index is 660. The SMILES string of the molecule is Cc1ccc(NCc2ccc(Cl)c(Cl)c2)cc1[N+](=O)[O-]. The molecular weight excluding hydrogens is 299 g/mol. The molecule has 0 aromatic heterocycles. The molecule has 0 spiro atoms. The minimum atomic E-state index is -0.389. The van der Waals surface area contributed by atoms with Crippen molar-refractivity contribution in [2.75, 3.05) is 5.32 Å². The zero-order valence-electron chi connectivity index (χ0n) is 10.7. The van der Waals surface area contributed by atoms with Crippen LogP contribution in [0.1, 0.15) is 11.1 Å². The van der Waals surface area contributed by atoms with Crippen molar-refractivity contribution in [3.8, 4) is 0 Å². The summed E-state index contributed by atoms with van der Waals surface area (Å²) in [4.78, 5) is 10.5. The van der Waals surface area contributed by atoms with Crippen LogP contribution in [0.3, 0.4) is 0 Å². The lowest BCUT2D eigenvalue weighted by atomic mass is 10.1. The first-order chi connectivity index (χ1) is 9.47. The number of hydrogen-bond acceptors (Lipinski definition) is 3. The van der Waals surface area contributed by atoms with Gasteiger partial charge in [-0.25, -0.2) is 0 Å². The van der Waals surface area contributed by atoms with Gasteiger partial charge in [-0.2, -0.15) is 0 Å². The molecule has 4 nitrogen and oxygen atoms in total. The van der Waals surface area contributed by atoms with E-state index in [9.17, 15) is 10.1 Å². The molecule has 0 atom stereocenters. The Hall–Kier alpha value is -1.78. The standard InChI is InChI=1S/C14H12Cl2N2O2/c1-9-2-4-11(7-14(9)18(19)20)17-8-10-3-5-12(15)13(16)6-10/h2-7,17H,8H2,1H3. The van der Waals surface area contributed by atoms with Crippen molar-refractivity contribution in [3.05, 3.63) is 67.7 Å². The molecule has 0 amide bonds. The Morgan fingerprint density at radius 2 is 1.90 bits per heavy atom. The summed E-state index contributed by atoms with van der Waals surface area (Å²) in [7, 11) is 0. The molecule has 0 saturated heterocycles. The molecule has 20 heavy (non-hydrogen) atoms. The molecule has 2 aromatic carbocycles. The van der Waals surface area contributed by atoms with Gasteiger partial charge in [-0.15, -0.1) is 0 Å². The molecule has 2 rings (SSSR count). The fourth-order valence-corrected chi connectivity index (χ4v) is 2.09. The third-order valence-electron chi connectivity index (χ3n) is 2.89. The van der Waals surface area contributed by atoms with Gasteiger partial charge in [0.15, 0.2) is 0 Å². The highest BCUT2D eigenvalue weighted by atomic mass is 35.5. The minimum absolute atomic E-state index is 0.101. The summed E-state index contributed by atoms with van der Waals surface area (Å²) < 4.78 is 0. The summed E-state index contributed by atoms with van der Waals surface area (Å²) in [6, 6.07) is 10.4. The van der Waals surface area contributed by atoms with Gasteiger partial charge in [-0.05, 0) is 30.7 Å². The van der Waals surface area contributed by atoms with Crippen LogP contribution >= 0.6 is 23.2 Å². The van der Waals surface area contributed by atoms with Crippen LogP contribution in [0.2, 0.25) is 10.0 Å². The topological polar surface area (TPSA) is 55.2 Å². The first-order valence-corrected chi connectivity index (χ1v) is 6.66. The van der Waals surface area contributed by atoms with E-state index >= 15 is 0 Å². The summed E-state index contributed by atoms with van der Waals surface area (Å²) in [6.45, 7) is 2.22. The molecule has 0 bridgehead atoms. The fraction of sp³-hybridized carbons (Fsp3) is 0.143. The van der Waals surface area contributed by atoms with Crippen molar-refractivity contribution in [2.45, 2.75) is 13.5 Å². The first-order valence-electron chi connectivity index (χ1n) is 5.90. The molecule has 2 aromatic rings. The number of halogens is 2. The van der Waals surface area contributed by atoms with E-state index in [1.807, 2.05) is 6.07 Å². The number of nitro groups is 1. The molecule has 0 fully saturated rings. The van der Waals surface area contributed by atoms with Crippen molar-refractivity contribution in [2.24, 2.45) is 0 Å². The number of benzene rings is 2. The zero-order valence-corrected chi connectivity index (χ0v) is 12.2. The van der Waals surface area contributed by atoms with Gasteiger partial charge in [-0.1, -0.05) is 35.3 Å².